The summed E-state index contributed by atoms with van der Waals surface area (Å²) in [4.78, 5) is 12.3. The number of carbonyl (C=O) groups excluding carboxylic acids is 1. The van der Waals surface area contributed by atoms with Crippen molar-refractivity contribution in [2.75, 3.05) is 11.1 Å². The van der Waals surface area contributed by atoms with Gasteiger partial charge in [-0.05, 0) is 29.6 Å². The van der Waals surface area contributed by atoms with Gasteiger partial charge in [0.2, 0.25) is 0 Å². The predicted octanol–water partition coefficient (Wildman–Crippen LogP) is 3.89. The highest BCUT2D eigenvalue weighted by atomic mass is 35.5. The number of hydrogen-bond acceptors (Lipinski definition) is 3. The van der Waals surface area contributed by atoms with Gasteiger partial charge in [0, 0.05) is 5.69 Å². The summed E-state index contributed by atoms with van der Waals surface area (Å²) in [5.74, 6) is -0.258. The Labute approximate surface area is 112 Å². The van der Waals surface area contributed by atoms with Crippen molar-refractivity contribution in [3.8, 4) is 0 Å². The molecule has 0 saturated heterocycles. The fourth-order valence-corrected chi connectivity index (χ4v) is 2.42. The SMILES string of the molecule is Nc1cc(NC(=O)c2sccc2Cl)ccc1Cl. The summed E-state index contributed by atoms with van der Waals surface area (Å²) in [5, 5.41) is 5.35. The highest BCUT2D eigenvalue weighted by molar-refractivity contribution is 7.12. The van der Waals surface area contributed by atoms with Crippen LogP contribution in [-0.4, -0.2) is 5.91 Å². The Kier molecular flexibility index (Phi) is 3.57. The molecule has 0 atom stereocenters. The molecule has 0 bridgehead atoms. The molecular weight excluding hydrogens is 279 g/mol. The van der Waals surface area contributed by atoms with E-state index in [-0.39, 0.29) is 5.91 Å². The summed E-state index contributed by atoms with van der Waals surface area (Å²) in [5.41, 5.74) is 6.64. The number of anilines is 2. The second-order valence-corrected chi connectivity index (χ2v) is 5.02. The van der Waals surface area contributed by atoms with E-state index >= 15 is 0 Å². The van der Waals surface area contributed by atoms with Crippen molar-refractivity contribution in [2.45, 2.75) is 0 Å². The number of rotatable bonds is 2. The Balaban J connectivity index is 2.19. The molecule has 0 aliphatic heterocycles. The fraction of sp³-hybridized carbons (Fsp3) is 0. The lowest BCUT2D eigenvalue weighted by Gasteiger charge is -2.05. The lowest BCUT2D eigenvalue weighted by molar-refractivity contribution is 0.103. The molecule has 0 aliphatic rings. The van der Waals surface area contributed by atoms with Crippen molar-refractivity contribution < 1.29 is 4.79 Å². The number of carbonyl (C=O) groups is 1. The molecule has 0 saturated carbocycles. The number of nitrogens with one attached hydrogen (secondary N) is 1. The third kappa shape index (κ3) is 2.72. The Bertz CT molecular complexity index is 568. The van der Waals surface area contributed by atoms with Gasteiger partial charge in [0.05, 0.1) is 15.7 Å². The molecule has 3 nitrogen and oxygen atoms in total. The molecule has 0 fully saturated rings. The number of benzene rings is 1. The van der Waals surface area contributed by atoms with Gasteiger partial charge < -0.3 is 11.1 Å². The van der Waals surface area contributed by atoms with E-state index < -0.39 is 0 Å². The lowest BCUT2D eigenvalue weighted by atomic mass is 10.2. The van der Waals surface area contributed by atoms with Crippen LogP contribution in [0.15, 0.2) is 29.6 Å². The van der Waals surface area contributed by atoms with Gasteiger partial charge in [-0.25, -0.2) is 0 Å². The molecule has 1 amide bonds. The van der Waals surface area contributed by atoms with Crippen LogP contribution >= 0.6 is 34.5 Å². The molecule has 0 radical (unpaired) electrons. The average Bonchev–Trinajstić information content (AvgIpc) is 2.70. The van der Waals surface area contributed by atoms with Crippen LogP contribution in [0.5, 0.6) is 0 Å². The fourth-order valence-electron chi connectivity index (χ4n) is 1.27. The molecule has 0 unspecified atom stereocenters. The third-order valence-corrected chi connectivity index (χ3v) is 3.76. The zero-order valence-corrected chi connectivity index (χ0v) is 10.9. The van der Waals surface area contributed by atoms with Crippen molar-refractivity contribution in [3.05, 3.63) is 44.6 Å². The summed E-state index contributed by atoms with van der Waals surface area (Å²) in [6.07, 6.45) is 0. The number of nitrogens with two attached hydrogens (primary N) is 1. The summed E-state index contributed by atoms with van der Waals surface area (Å²) >= 11 is 12.9. The first-order valence-electron chi connectivity index (χ1n) is 4.67. The van der Waals surface area contributed by atoms with Crippen molar-refractivity contribution in [3.63, 3.8) is 0 Å². The number of nitrogen functional groups attached to an aromatic ring is 1. The molecule has 2 rings (SSSR count). The molecule has 3 N–H and O–H groups in total. The van der Waals surface area contributed by atoms with Gasteiger partial charge in [-0.15, -0.1) is 11.3 Å². The minimum absolute atomic E-state index is 0.258. The molecule has 0 spiro atoms. The molecule has 0 aliphatic carbocycles. The molecule has 1 aromatic heterocycles. The van der Waals surface area contributed by atoms with Crippen LogP contribution < -0.4 is 11.1 Å². The van der Waals surface area contributed by atoms with E-state index in [1.807, 2.05) is 0 Å². The predicted molar refractivity (Wildman–Crippen MR) is 73.1 cm³/mol. The van der Waals surface area contributed by atoms with Gasteiger partial charge in [0.15, 0.2) is 0 Å². The topological polar surface area (TPSA) is 55.1 Å². The van der Waals surface area contributed by atoms with Crippen LogP contribution in [0.3, 0.4) is 0 Å². The van der Waals surface area contributed by atoms with Crippen LogP contribution in [0, 0.1) is 0 Å². The van der Waals surface area contributed by atoms with Crippen molar-refractivity contribution in [2.24, 2.45) is 0 Å². The standard InChI is InChI=1S/C11H8Cl2N2OS/c12-7-2-1-6(5-9(7)14)15-11(16)10-8(13)3-4-17-10/h1-5H,14H2,(H,15,16). The largest absolute Gasteiger partial charge is 0.397 e. The van der Waals surface area contributed by atoms with Gasteiger partial charge in [0.1, 0.15) is 4.88 Å². The summed E-state index contributed by atoms with van der Waals surface area (Å²) in [6, 6.07) is 6.58. The molecule has 2 aromatic rings. The zero-order chi connectivity index (χ0) is 12.4. The smallest absolute Gasteiger partial charge is 0.267 e. The van der Waals surface area contributed by atoms with E-state index in [2.05, 4.69) is 5.32 Å². The highest BCUT2D eigenvalue weighted by Crippen LogP contribution is 2.25. The van der Waals surface area contributed by atoms with Crippen LogP contribution in [0.25, 0.3) is 0 Å². The van der Waals surface area contributed by atoms with Crippen LogP contribution in [0.4, 0.5) is 11.4 Å². The van der Waals surface area contributed by atoms with E-state index in [1.165, 1.54) is 11.3 Å². The molecule has 88 valence electrons. The average molecular weight is 287 g/mol. The van der Waals surface area contributed by atoms with E-state index in [4.69, 9.17) is 28.9 Å². The number of thiophene rings is 1. The van der Waals surface area contributed by atoms with E-state index in [0.29, 0.717) is 26.3 Å². The first-order valence-corrected chi connectivity index (χ1v) is 6.31. The van der Waals surface area contributed by atoms with Gasteiger partial charge >= 0.3 is 0 Å². The third-order valence-electron chi connectivity index (χ3n) is 2.08. The summed E-state index contributed by atoms with van der Waals surface area (Å²) in [6.45, 7) is 0. The number of amides is 1. The summed E-state index contributed by atoms with van der Waals surface area (Å²) in [7, 11) is 0. The Morgan fingerprint density at radius 2 is 2.00 bits per heavy atom. The number of halogens is 2. The minimum Gasteiger partial charge on any atom is -0.397 e. The quantitative estimate of drug-likeness (QED) is 0.823. The first kappa shape index (κ1) is 12.2. The summed E-state index contributed by atoms with van der Waals surface area (Å²) < 4.78 is 0. The normalized spacial score (nSPS) is 10.2. The van der Waals surface area contributed by atoms with Gasteiger partial charge in [0.25, 0.3) is 5.91 Å². The maximum Gasteiger partial charge on any atom is 0.267 e. The number of hydrogen-bond donors (Lipinski definition) is 2. The second kappa shape index (κ2) is 4.96. The van der Waals surface area contributed by atoms with Gasteiger partial charge in [-0.2, -0.15) is 0 Å². The first-order chi connectivity index (χ1) is 8.08. The van der Waals surface area contributed by atoms with Gasteiger partial charge in [-0.1, -0.05) is 23.2 Å². The maximum atomic E-state index is 11.8. The van der Waals surface area contributed by atoms with Crippen LogP contribution in [0.2, 0.25) is 10.0 Å². The maximum absolute atomic E-state index is 11.8. The Hall–Kier alpha value is -1.23. The molecular formula is C11H8Cl2N2OS. The van der Waals surface area contributed by atoms with Crippen molar-refractivity contribution >= 4 is 51.8 Å². The van der Waals surface area contributed by atoms with E-state index in [1.54, 1.807) is 29.6 Å². The van der Waals surface area contributed by atoms with E-state index in [9.17, 15) is 4.79 Å². The molecule has 6 heteroatoms. The van der Waals surface area contributed by atoms with Crippen molar-refractivity contribution in [1.82, 2.24) is 0 Å². The highest BCUT2D eigenvalue weighted by Gasteiger charge is 2.12. The molecule has 1 heterocycles. The monoisotopic (exact) mass is 286 g/mol. The minimum atomic E-state index is -0.258. The van der Waals surface area contributed by atoms with Gasteiger partial charge in [-0.3, -0.25) is 4.79 Å². The second-order valence-electron chi connectivity index (χ2n) is 3.29. The molecule has 17 heavy (non-hydrogen) atoms. The zero-order valence-electron chi connectivity index (χ0n) is 8.54. The van der Waals surface area contributed by atoms with Crippen molar-refractivity contribution in [1.29, 1.82) is 0 Å². The van der Waals surface area contributed by atoms with Crippen LogP contribution in [0.1, 0.15) is 9.67 Å². The van der Waals surface area contributed by atoms with Crippen LogP contribution in [-0.2, 0) is 0 Å². The van der Waals surface area contributed by atoms with E-state index in [0.717, 1.165) is 0 Å². The Morgan fingerprint density at radius 1 is 1.24 bits per heavy atom. The molecule has 1 aromatic carbocycles. The Morgan fingerprint density at radius 3 is 2.59 bits per heavy atom. The lowest BCUT2D eigenvalue weighted by Crippen LogP contribution is -2.10.